The number of rotatable bonds is 0. The molecule has 0 atom stereocenters. The van der Waals surface area contributed by atoms with Crippen molar-refractivity contribution in [2.24, 2.45) is 10.8 Å². The Morgan fingerprint density at radius 2 is 0.556 bits per heavy atom. The Hall–Kier alpha value is -3.12. The lowest BCUT2D eigenvalue weighted by atomic mass is 9.62. The van der Waals surface area contributed by atoms with Crippen LogP contribution in [0.3, 0.4) is 0 Å². The van der Waals surface area contributed by atoms with E-state index in [0.29, 0.717) is 0 Å². The Morgan fingerprint density at radius 3 is 0.750 bits per heavy atom. The molecule has 0 amide bonds. The molecule has 0 N–H and O–H groups in total. The molecule has 0 spiro atoms. The Morgan fingerprint density at radius 1 is 0.361 bits per heavy atom. The van der Waals surface area contributed by atoms with E-state index in [2.05, 4.69) is 152 Å². The van der Waals surface area contributed by atoms with Crippen LogP contribution in [0, 0.1) is 10.8 Å². The lowest BCUT2D eigenvalue weighted by Crippen LogP contribution is -2.36. The van der Waals surface area contributed by atoms with Crippen LogP contribution in [0.4, 0.5) is 0 Å². The van der Waals surface area contributed by atoms with E-state index in [1.807, 2.05) is 0 Å². The van der Waals surface area contributed by atoms with Crippen LogP contribution in [0.25, 0.3) is 22.3 Å². The van der Waals surface area contributed by atoms with Crippen molar-refractivity contribution in [3.05, 3.63) is 119 Å². The third-order valence-corrected chi connectivity index (χ3v) is 9.44. The van der Waals surface area contributed by atoms with Crippen LogP contribution >= 0.6 is 0 Å². The maximum atomic E-state index is 2.39. The highest BCUT2D eigenvalue weighted by atomic mass is 14.5. The second-order valence-corrected chi connectivity index (χ2v) is 12.9. The van der Waals surface area contributed by atoms with Gasteiger partial charge in [0.2, 0.25) is 0 Å². The van der Waals surface area contributed by atoms with E-state index in [0.717, 1.165) is 0 Å². The molecule has 0 aliphatic heterocycles. The van der Waals surface area contributed by atoms with E-state index >= 15 is 0 Å². The summed E-state index contributed by atoms with van der Waals surface area (Å²) in [6.45, 7) is 18.8. The van der Waals surface area contributed by atoms with Gasteiger partial charge >= 0.3 is 0 Å². The molecule has 2 aliphatic rings. The summed E-state index contributed by atoms with van der Waals surface area (Å²) >= 11 is 0. The van der Waals surface area contributed by atoms with Gasteiger partial charge in [0.15, 0.2) is 0 Å². The zero-order valence-corrected chi connectivity index (χ0v) is 23.2. The van der Waals surface area contributed by atoms with Crippen LogP contribution in [0.2, 0.25) is 0 Å². The summed E-state index contributed by atoms with van der Waals surface area (Å²) < 4.78 is 0. The molecule has 0 bridgehead atoms. The standard InChI is InChI=1S/2C18H20/c2*1-17(2,3)18(4)15-11-7-5-9-13(15)14-10-6-8-12-16(14)18/h2*5-12H,1-4H3. The molecule has 0 heteroatoms. The fraction of sp³-hybridized carbons (Fsp3) is 0.333. The van der Waals surface area contributed by atoms with Gasteiger partial charge in [0.25, 0.3) is 0 Å². The Balaban J connectivity index is 0.000000148. The molecular formula is C36H40. The van der Waals surface area contributed by atoms with Crippen molar-refractivity contribution in [1.29, 1.82) is 0 Å². The zero-order chi connectivity index (χ0) is 25.9. The first kappa shape index (κ1) is 24.6. The van der Waals surface area contributed by atoms with Crippen molar-refractivity contribution < 1.29 is 0 Å². The zero-order valence-electron chi connectivity index (χ0n) is 23.2. The fourth-order valence-corrected chi connectivity index (χ4v) is 6.52. The first-order valence-electron chi connectivity index (χ1n) is 13.3. The van der Waals surface area contributed by atoms with Crippen molar-refractivity contribution in [2.75, 3.05) is 0 Å². The lowest BCUT2D eigenvalue weighted by Gasteiger charge is -2.40. The van der Waals surface area contributed by atoms with Gasteiger partial charge in [-0.1, -0.05) is 152 Å². The van der Waals surface area contributed by atoms with Crippen LogP contribution in [-0.4, -0.2) is 0 Å². The largest absolute Gasteiger partial charge is 0.0619 e. The molecule has 0 saturated heterocycles. The molecule has 0 radical (unpaired) electrons. The van der Waals surface area contributed by atoms with E-state index in [1.54, 1.807) is 0 Å². The van der Waals surface area contributed by atoms with Gasteiger partial charge in [0, 0.05) is 10.8 Å². The highest BCUT2D eigenvalue weighted by Crippen LogP contribution is 2.57. The molecule has 0 fully saturated rings. The van der Waals surface area contributed by atoms with E-state index in [-0.39, 0.29) is 21.7 Å². The molecular weight excluding hydrogens is 432 g/mol. The smallest absolute Gasteiger partial charge is 0.0235 e. The highest BCUT2D eigenvalue weighted by molar-refractivity contribution is 5.82. The van der Waals surface area contributed by atoms with Gasteiger partial charge in [-0.3, -0.25) is 0 Å². The van der Waals surface area contributed by atoms with Gasteiger partial charge in [-0.2, -0.15) is 0 Å². The van der Waals surface area contributed by atoms with Gasteiger partial charge in [-0.25, -0.2) is 0 Å². The molecule has 6 rings (SSSR count). The summed E-state index contributed by atoms with van der Waals surface area (Å²) in [7, 11) is 0. The predicted molar refractivity (Wildman–Crippen MR) is 156 cm³/mol. The van der Waals surface area contributed by atoms with Gasteiger partial charge in [0.1, 0.15) is 0 Å². The van der Waals surface area contributed by atoms with Crippen molar-refractivity contribution >= 4 is 0 Å². The third kappa shape index (κ3) is 3.34. The molecule has 0 unspecified atom stereocenters. The van der Waals surface area contributed by atoms with Crippen LogP contribution in [0.5, 0.6) is 0 Å². The van der Waals surface area contributed by atoms with Crippen molar-refractivity contribution in [2.45, 2.75) is 66.2 Å². The first-order chi connectivity index (χ1) is 16.9. The van der Waals surface area contributed by atoms with Crippen molar-refractivity contribution in [1.82, 2.24) is 0 Å². The number of benzene rings is 4. The van der Waals surface area contributed by atoms with Gasteiger partial charge in [-0.15, -0.1) is 0 Å². The van der Waals surface area contributed by atoms with Gasteiger partial charge < -0.3 is 0 Å². The summed E-state index contributed by atoms with van der Waals surface area (Å²) in [6.07, 6.45) is 0. The van der Waals surface area contributed by atoms with E-state index in [4.69, 9.17) is 0 Å². The Kier molecular flexibility index (Phi) is 5.60. The first-order valence-corrected chi connectivity index (χ1v) is 13.3. The molecule has 184 valence electrons. The summed E-state index contributed by atoms with van der Waals surface area (Å²) in [6, 6.07) is 35.4. The second kappa shape index (κ2) is 8.20. The topological polar surface area (TPSA) is 0 Å². The molecule has 4 aromatic carbocycles. The summed E-state index contributed by atoms with van der Waals surface area (Å²) in [5.74, 6) is 0. The summed E-state index contributed by atoms with van der Waals surface area (Å²) in [5, 5.41) is 0. The fourth-order valence-electron chi connectivity index (χ4n) is 6.52. The van der Waals surface area contributed by atoms with Crippen LogP contribution in [-0.2, 0) is 10.8 Å². The van der Waals surface area contributed by atoms with Gasteiger partial charge in [-0.05, 0) is 55.3 Å². The number of hydrogen-bond donors (Lipinski definition) is 0. The monoisotopic (exact) mass is 472 g/mol. The minimum Gasteiger partial charge on any atom is -0.0619 e. The van der Waals surface area contributed by atoms with Crippen molar-refractivity contribution in [3.8, 4) is 22.3 Å². The lowest BCUT2D eigenvalue weighted by molar-refractivity contribution is 0.255. The summed E-state index contributed by atoms with van der Waals surface area (Å²) in [4.78, 5) is 0. The van der Waals surface area contributed by atoms with Crippen LogP contribution < -0.4 is 0 Å². The molecule has 0 saturated carbocycles. The SMILES string of the molecule is CC(C)(C)C1(C)c2ccccc2-c2ccccc21.CC(C)(C)C1(C)c2ccccc2-c2ccccc21. The molecule has 2 aliphatic carbocycles. The Bertz CT molecular complexity index is 1220. The second-order valence-electron chi connectivity index (χ2n) is 12.9. The molecule has 4 aromatic rings. The minimum atomic E-state index is 0.0974. The third-order valence-electron chi connectivity index (χ3n) is 9.44. The van der Waals surface area contributed by atoms with Crippen LogP contribution in [0.1, 0.15) is 77.6 Å². The minimum absolute atomic E-state index is 0.0974. The highest BCUT2D eigenvalue weighted by Gasteiger charge is 2.48. The molecule has 0 nitrogen and oxygen atoms in total. The van der Waals surface area contributed by atoms with Crippen molar-refractivity contribution in [3.63, 3.8) is 0 Å². The van der Waals surface area contributed by atoms with Gasteiger partial charge in [0.05, 0.1) is 0 Å². The molecule has 0 heterocycles. The van der Waals surface area contributed by atoms with Crippen LogP contribution in [0.15, 0.2) is 97.1 Å². The number of hydrogen-bond acceptors (Lipinski definition) is 0. The maximum Gasteiger partial charge on any atom is 0.0235 e. The summed E-state index contributed by atoms with van der Waals surface area (Å²) in [5.41, 5.74) is 12.1. The number of fused-ring (bicyclic) bond motifs is 6. The maximum absolute atomic E-state index is 2.39. The normalized spacial score (nSPS) is 16.2. The molecule has 36 heavy (non-hydrogen) atoms. The Labute approximate surface area is 218 Å². The van der Waals surface area contributed by atoms with E-state index < -0.39 is 0 Å². The quantitative estimate of drug-likeness (QED) is 0.239. The average Bonchev–Trinajstić information content (AvgIpc) is 3.29. The molecule has 0 aromatic heterocycles. The van der Waals surface area contributed by atoms with E-state index in [9.17, 15) is 0 Å². The predicted octanol–water partition coefficient (Wildman–Crippen LogP) is 10.0. The van der Waals surface area contributed by atoms with E-state index in [1.165, 1.54) is 44.5 Å². The average molecular weight is 473 g/mol.